The number of carbonyl (C=O) groups excluding carboxylic acids is 1. The smallest absolute Gasteiger partial charge is 0.321 e. The minimum atomic E-state index is -1.18. The molecule has 0 aliphatic carbocycles. The van der Waals surface area contributed by atoms with Gasteiger partial charge in [-0.15, -0.1) is 0 Å². The van der Waals surface area contributed by atoms with Gasteiger partial charge in [0.15, 0.2) is 0 Å². The Hall–Kier alpha value is -2.97. The molecule has 0 radical (unpaired) electrons. The summed E-state index contributed by atoms with van der Waals surface area (Å²) >= 11 is 5.92. The highest BCUT2D eigenvalue weighted by Crippen LogP contribution is 2.26. The van der Waals surface area contributed by atoms with Crippen molar-refractivity contribution in [3.8, 4) is 0 Å². The third-order valence-electron chi connectivity index (χ3n) is 3.52. The molecular formula is C17H16ClN3O5. The molecule has 3 N–H and O–H groups in total. The number of nitro groups is 1. The molecule has 0 unspecified atom stereocenters. The molecule has 1 amide bonds. The van der Waals surface area contributed by atoms with Gasteiger partial charge in [0, 0.05) is 18.7 Å². The summed E-state index contributed by atoms with van der Waals surface area (Å²) in [5, 5.41) is 25.4. The fraction of sp³-hybridized carbons (Fsp3) is 0.176. The highest BCUT2D eigenvalue weighted by atomic mass is 35.5. The van der Waals surface area contributed by atoms with Crippen molar-refractivity contribution in [3.05, 3.63) is 69.2 Å². The lowest BCUT2D eigenvalue weighted by molar-refractivity contribution is -0.384. The molecule has 0 fully saturated rings. The maximum atomic E-state index is 12.1. The number of nitro benzene ring substituents is 1. The molecule has 0 heterocycles. The van der Waals surface area contributed by atoms with Gasteiger partial charge in [0.05, 0.1) is 22.1 Å². The van der Waals surface area contributed by atoms with Gasteiger partial charge in [0.1, 0.15) is 6.04 Å². The molecular weight excluding hydrogens is 362 g/mol. The van der Waals surface area contributed by atoms with E-state index in [4.69, 9.17) is 11.6 Å². The van der Waals surface area contributed by atoms with Crippen LogP contribution < -0.4 is 10.6 Å². The van der Waals surface area contributed by atoms with Crippen LogP contribution in [-0.2, 0) is 16.1 Å². The van der Waals surface area contributed by atoms with Crippen LogP contribution >= 0.6 is 11.6 Å². The molecule has 0 aromatic heterocycles. The number of hydrogen-bond donors (Lipinski definition) is 3. The molecule has 2 rings (SSSR count). The van der Waals surface area contributed by atoms with Crippen LogP contribution in [-0.4, -0.2) is 27.9 Å². The zero-order chi connectivity index (χ0) is 19.1. The number of non-ortho nitro benzene ring substituents is 1. The molecule has 0 saturated carbocycles. The van der Waals surface area contributed by atoms with Crippen molar-refractivity contribution < 1.29 is 19.6 Å². The normalized spacial score (nSPS) is 11.6. The van der Waals surface area contributed by atoms with Crippen molar-refractivity contribution in [3.63, 3.8) is 0 Å². The molecule has 0 bridgehead atoms. The Morgan fingerprint density at radius 3 is 2.50 bits per heavy atom. The highest BCUT2D eigenvalue weighted by Gasteiger charge is 2.21. The number of benzene rings is 2. The van der Waals surface area contributed by atoms with Crippen LogP contribution in [0.25, 0.3) is 0 Å². The van der Waals surface area contributed by atoms with E-state index in [1.807, 2.05) is 30.3 Å². The molecule has 2 aromatic rings. The third-order valence-corrected chi connectivity index (χ3v) is 3.85. The van der Waals surface area contributed by atoms with Gasteiger partial charge in [0.25, 0.3) is 5.69 Å². The SMILES string of the molecule is O=C(C[C@@H](NCc1ccccc1)C(=O)O)Nc1cc([N+](=O)[O-])ccc1Cl. The Morgan fingerprint density at radius 1 is 1.19 bits per heavy atom. The van der Waals surface area contributed by atoms with E-state index >= 15 is 0 Å². The molecule has 26 heavy (non-hydrogen) atoms. The van der Waals surface area contributed by atoms with Crippen LogP contribution in [0, 0.1) is 10.1 Å². The predicted octanol–water partition coefficient (Wildman–Crippen LogP) is 2.82. The Morgan fingerprint density at radius 2 is 1.88 bits per heavy atom. The lowest BCUT2D eigenvalue weighted by Gasteiger charge is -2.15. The van der Waals surface area contributed by atoms with Crippen molar-refractivity contribution in [1.29, 1.82) is 0 Å². The summed E-state index contributed by atoms with van der Waals surface area (Å²) in [5.74, 6) is -1.80. The van der Waals surface area contributed by atoms with Gasteiger partial charge in [-0.2, -0.15) is 0 Å². The number of amides is 1. The van der Waals surface area contributed by atoms with Crippen LogP contribution in [0.2, 0.25) is 5.02 Å². The van der Waals surface area contributed by atoms with Crippen LogP contribution in [0.4, 0.5) is 11.4 Å². The number of hydrogen-bond acceptors (Lipinski definition) is 5. The monoisotopic (exact) mass is 377 g/mol. The van der Waals surface area contributed by atoms with E-state index in [9.17, 15) is 24.8 Å². The quantitative estimate of drug-likeness (QED) is 0.480. The average Bonchev–Trinajstić information content (AvgIpc) is 2.61. The fourth-order valence-electron chi connectivity index (χ4n) is 2.19. The minimum absolute atomic E-state index is 0.0538. The molecule has 136 valence electrons. The van der Waals surface area contributed by atoms with Crippen LogP contribution in [0.15, 0.2) is 48.5 Å². The number of carbonyl (C=O) groups is 2. The van der Waals surface area contributed by atoms with Crippen LogP contribution in [0.3, 0.4) is 0 Å². The van der Waals surface area contributed by atoms with E-state index < -0.39 is 22.8 Å². The maximum absolute atomic E-state index is 12.1. The molecule has 0 aliphatic heterocycles. The third kappa shape index (κ3) is 5.54. The maximum Gasteiger partial charge on any atom is 0.321 e. The lowest BCUT2D eigenvalue weighted by Crippen LogP contribution is -2.39. The van der Waals surface area contributed by atoms with E-state index in [0.29, 0.717) is 0 Å². The number of halogens is 1. The molecule has 1 atom stereocenters. The minimum Gasteiger partial charge on any atom is -0.480 e. The van der Waals surface area contributed by atoms with Crippen molar-refractivity contribution in [2.24, 2.45) is 0 Å². The lowest BCUT2D eigenvalue weighted by atomic mass is 10.1. The second-order valence-corrected chi connectivity index (χ2v) is 5.84. The van der Waals surface area contributed by atoms with Crippen molar-refractivity contribution in [2.45, 2.75) is 19.0 Å². The van der Waals surface area contributed by atoms with Crippen molar-refractivity contribution in [2.75, 3.05) is 5.32 Å². The number of carboxylic acid groups (broad SMARTS) is 1. The van der Waals surface area contributed by atoms with Crippen molar-refractivity contribution >= 4 is 34.9 Å². The Kier molecular flexibility index (Phi) is 6.65. The van der Waals surface area contributed by atoms with Gasteiger partial charge in [-0.3, -0.25) is 25.0 Å². The van der Waals surface area contributed by atoms with Gasteiger partial charge >= 0.3 is 5.97 Å². The Balaban J connectivity index is 2.00. The van der Waals surface area contributed by atoms with E-state index in [1.54, 1.807) is 0 Å². The number of nitrogens with one attached hydrogen (secondary N) is 2. The number of aliphatic carboxylic acids is 1. The summed E-state index contributed by atoms with van der Waals surface area (Å²) in [6.45, 7) is 0.280. The first-order valence-corrected chi connectivity index (χ1v) is 7.98. The Bertz CT molecular complexity index is 813. The second-order valence-electron chi connectivity index (χ2n) is 5.43. The van der Waals surface area contributed by atoms with E-state index in [0.717, 1.165) is 11.6 Å². The summed E-state index contributed by atoms with van der Waals surface area (Å²) in [6.07, 6.45) is -0.360. The standard InChI is InChI=1S/C17H16ClN3O5/c18-13-7-6-12(21(25)26)8-14(13)20-16(22)9-15(17(23)24)19-10-11-4-2-1-3-5-11/h1-8,15,19H,9-10H2,(H,20,22)(H,23,24)/t15-/m1/s1. The first-order valence-electron chi connectivity index (χ1n) is 7.60. The molecule has 0 aliphatic rings. The average molecular weight is 378 g/mol. The zero-order valence-corrected chi connectivity index (χ0v) is 14.3. The number of nitrogens with zero attached hydrogens (tertiary/aromatic N) is 1. The summed E-state index contributed by atoms with van der Waals surface area (Å²) in [7, 11) is 0. The van der Waals surface area contributed by atoms with Crippen LogP contribution in [0.5, 0.6) is 0 Å². The first kappa shape index (κ1) is 19.4. The van der Waals surface area contributed by atoms with Gasteiger partial charge in [-0.05, 0) is 11.6 Å². The van der Waals surface area contributed by atoms with Gasteiger partial charge in [-0.25, -0.2) is 0 Å². The zero-order valence-electron chi connectivity index (χ0n) is 13.5. The van der Waals surface area contributed by atoms with Gasteiger partial charge < -0.3 is 10.4 Å². The van der Waals surface area contributed by atoms with Crippen molar-refractivity contribution in [1.82, 2.24) is 5.32 Å². The van der Waals surface area contributed by atoms with Gasteiger partial charge in [0.2, 0.25) is 5.91 Å². The summed E-state index contributed by atoms with van der Waals surface area (Å²) in [6, 6.07) is 11.6. The molecule has 0 spiro atoms. The Labute approximate surface area is 153 Å². The largest absolute Gasteiger partial charge is 0.480 e. The molecule has 2 aromatic carbocycles. The molecule has 8 nitrogen and oxygen atoms in total. The molecule has 0 saturated heterocycles. The summed E-state index contributed by atoms with van der Waals surface area (Å²) in [4.78, 5) is 33.7. The first-order chi connectivity index (χ1) is 12.4. The van der Waals surface area contributed by atoms with E-state index in [-0.39, 0.29) is 29.4 Å². The van der Waals surface area contributed by atoms with E-state index in [1.165, 1.54) is 12.1 Å². The van der Waals surface area contributed by atoms with E-state index in [2.05, 4.69) is 10.6 Å². The summed E-state index contributed by atoms with van der Waals surface area (Å²) < 4.78 is 0. The summed E-state index contributed by atoms with van der Waals surface area (Å²) in [5.41, 5.74) is 0.695. The topological polar surface area (TPSA) is 122 Å². The number of carboxylic acids is 1. The number of rotatable bonds is 8. The fourth-order valence-corrected chi connectivity index (χ4v) is 2.36. The second kappa shape index (κ2) is 8.93. The number of anilines is 1. The highest BCUT2D eigenvalue weighted by molar-refractivity contribution is 6.33. The van der Waals surface area contributed by atoms with Crippen LogP contribution in [0.1, 0.15) is 12.0 Å². The van der Waals surface area contributed by atoms with Gasteiger partial charge in [-0.1, -0.05) is 41.9 Å². The predicted molar refractivity (Wildman–Crippen MR) is 96.1 cm³/mol. The molecule has 9 heteroatoms.